The Hall–Kier alpha value is -2.12. The number of nitrogens with one attached hydrogen (secondary N) is 1. The molecule has 0 radical (unpaired) electrons. The Morgan fingerprint density at radius 3 is 2.62 bits per heavy atom. The highest BCUT2D eigenvalue weighted by atomic mass is 35.5. The SMILES string of the molecule is Cc1ncc([N+](=O)[O-])n1CC(=O)Nc1c(Cl)cccc1Cl. The van der Waals surface area contributed by atoms with Gasteiger partial charge in [-0.25, -0.2) is 9.55 Å². The number of amides is 1. The molecule has 0 atom stereocenters. The van der Waals surface area contributed by atoms with Crippen LogP contribution in [0.1, 0.15) is 5.82 Å². The van der Waals surface area contributed by atoms with Gasteiger partial charge >= 0.3 is 5.82 Å². The maximum absolute atomic E-state index is 12.0. The van der Waals surface area contributed by atoms with Crippen LogP contribution in [0.5, 0.6) is 0 Å². The molecule has 0 aliphatic rings. The highest BCUT2D eigenvalue weighted by Crippen LogP contribution is 2.29. The van der Waals surface area contributed by atoms with Gasteiger partial charge in [-0.1, -0.05) is 29.3 Å². The molecule has 0 unspecified atom stereocenters. The molecular weight excluding hydrogens is 319 g/mol. The minimum absolute atomic E-state index is 0.257. The van der Waals surface area contributed by atoms with Gasteiger partial charge in [-0.2, -0.15) is 0 Å². The van der Waals surface area contributed by atoms with Gasteiger partial charge in [-0.15, -0.1) is 0 Å². The maximum atomic E-state index is 12.0. The lowest BCUT2D eigenvalue weighted by molar-refractivity contribution is -0.392. The fourth-order valence-corrected chi connectivity index (χ4v) is 2.23. The van der Waals surface area contributed by atoms with E-state index in [9.17, 15) is 14.9 Å². The molecule has 21 heavy (non-hydrogen) atoms. The molecule has 1 N–H and O–H groups in total. The van der Waals surface area contributed by atoms with Crippen LogP contribution in [0.25, 0.3) is 0 Å². The first kappa shape index (κ1) is 15.3. The van der Waals surface area contributed by atoms with Gasteiger partial charge in [0.25, 0.3) is 5.91 Å². The van der Waals surface area contributed by atoms with Crippen molar-refractivity contribution in [2.45, 2.75) is 13.5 Å². The number of carbonyl (C=O) groups excluding carboxylic acids is 1. The van der Waals surface area contributed by atoms with Crippen LogP contribution < -0.4 is 5.32 Å². The number of halogens is 2. The topological polar surface area (TPSA) is 90.1 Å². The van der Waals surface area contributed by atoms with Crippen LogP contribution in [0, 0.1) is 17.0 Å². The summed E-state index contributed by atoms with van der Waals surface area (Å²) in [6.07, 6.45) is 1.10. The average molecular weight is 329 g/mol. The molecule has 0 bridgehead atoms. The van der Waals surface area contributed by atoms with Crippen LogP contribution >= 0.6 is 23.2 Å². The number of imidazole rings is 1. The molecule has 9 heteroatoms. The highest BCUT2D eigenvalue weighted by molar-refractivity contribution is 6.39. The Kier molecular flexibility index (Phi) is 4.44. The summed E-state index contributed by atoms with van der Waals surface area (Å²) in [7, 11) is 0. The summed E-state index contributed by atoms with van der Waals surface area (Å²) >= 11 is 11.9. The lowest BCUT2D eigenvalue weighted by Gasteiger charge is -2.08. The minimum atomic E-state index is -0.601. The largest absolute Gasteiger partial charge is 0.358 e. The van der Waals surface area contributed by atoms with E-state index in [2.05, 4.69) is 10.3 Å². The standard InChI is InChI=1S/C12H10Cl2N4O3/c1-7-15-5-11(18(20)21)17(7)6-10(19)16-12-8(13)3-2-4-9(12)14/h2-5H,6H2,1H3,(H,16,19). The van der Waals surface area contributed by atoms with E-state index >= 15 is 0 Å². The molecule has 2 aromatic rings. The van der Waals surface area contributed by atoms with Gasteiger partial charge in [0.2, 0.25) is 0 Å². The number of hydrogen-bond acceptors (Lipinski definition) is 4. The van der Waals surface area contributed by atoms with Gasteiger partial charge in [0.15, 0.2) is 12.4 Å². The molecule has 1 amide bonds. The molecule has 0 aliphatic carbocycles. The second kappa shape index (κ2) is 6.11. The summed E-state index contributed by atoms with van der Waals surface area (Å²) in [5.74, 6) is -0.385. The summed E-state index contributed by atoms with van der Waals surface area (Å²) < 4.78 is 1.19. The van der Waals surface area contributed by atoms with Crippen LogP contribution in [0.2, 0.25) is 10.0 Å². The summed E-state index contributed by atoms with van der Waals surface area (Å²) in [4.78, 5) is 26.1. The van der Waals surface area contributed by atoms with Crippen LogP contribution in [0.3, 0.4) is 0 Å². The van der Waals surface area contributed by atoms with Gasteiger partial charge in [-0.05, 0) is 17.1 Å². The molecule has 0 spiro atoms. The number of carbonyl (C=O) groups is 1. The summed E-state index contributed by atoms with van der Waals surface area (Å²) in [6.45, 7) is 1.31. The third-order valence-electron chi connectivity index (χ3n) is 2.75. The first-order chi connectivity index (χ1) is 9.90. The number of aromatic nitrogens is 2. The lowest BCUT2D eigenvalue weighted by atomic mass is 10.3. The van der Waals surface area contributed by atoms with Crippen molar-refractivity contribution in [2.24, 2.45) is 0 Å². The quantitative estimate of drug-likeness (QED) is 0.689. The molecule has 110 valence electrons. The zero-order chi connectivity index (χ0) is 15.6. The molecule has 1 aromatic heterocycles. The monoisotopic (exact) mass is 328 g/mol. The van der Waals surface area contributed by atoms with Crippen molar-refractivity contribution in [3.63, 3.8) is 0 Å². The van der Waals surface area contributed by atoms with E-state index < -0.39 is 10.8 Å². The van der Waals surface area contributed by atoms with E-state index in [1.165, 1.54) is 4.57 Å². The van der Waals surface area contributed by atoms with Crippen LogP contribution in [0.15, 0.2) is 24.4 Å². The number of nitrogens with zero attached hydrogens (tertiary/aromatic N) is 3. The Balaban J connectivity index is 2.20. The number of nitro groups is 1. The number of aryl methyl sites for hydroxylation is 1. The second-order valence-electron chi connectivity index (χ2n) is 4.15. The molecule has 0 aliphatic heterocycles. The van der Waals surface area contributed by atoms with Crippen molar-refractivity contribution < 1.29 is 9.72 Å². The molecule has 0 saturated heterocycles. The summed E-state index contributed by atoms with van der Waals surface area (Å²) in [6, 6.07) is 4.80. The van der Waals surface area contributed by atoms with E-state index in [4.69, 9.17) is 23.2 Å². The molecule has 7 nitrogen and oxygen atoms in total. The molecular formula is C12H10Cl2N4O3. The van der Waals surface area contributed by atoms with Crippen molar-refractivity contribution in [1.29, 1.82) is 0 Å². The lowest BCUT2D eigenvalue weighted by Crippen LogP contribution is -2.20. The zero-order valence-electron chi connectivity index (χ0n) is 10.8. The summed E-state index contributed by atoms with van der Waals surface area (Å²) in [5.41, 5.74) is 0.270. The molecule has 0 fully saturated rings. The van der Waals surface area contributed by atoms with Gasteiger partial charge in [0.1, 0.15) is 6.20 Å². The smallest absolute Gasteiger partial charge is 0.343 e. The molecule has 1 heterocycles. The van der Waals surface area contributed by atoms with Crippen LogP contribution in [-0.2, 0) is 11.3 Å². The van der Waals surface area contributed by atoms with E-state index in [-0.39, 0.29) is 28.1 Å². The zero-order valence-corrected chi connectivity index (χ0v) is 12.4. The highest BCUT2D eigenvalue weighted by Gasteiger charge is 2.21. The Bertz CT molecular complexity index is 694. The van der Waals surface area contributed by atoms with Crippen molar-refractivity contribution >= 4 is 40.6 Å². The van der Waals surface area contributed by atoms with Crippen LogP contribution in [0.4, 0.5) is 11.5 Å². The number of anilines is 1. The van der Waals surface area contributed by atoms with Crippen LogP contribution in [-0.4, -0.2) is 20.4 Å². The van der Waals surface area contributed by atoms with Crippen molar-refractivity contribution in [2.75, 3.05) is 5.32 Å². The van der Waals surface area contributed by atoms with E-state index in [0.717, 1.165) is 6.20 Å². The summed E-state index contributed by atoms with van der Waals surface area (Å²) in [5, 5.41) is 14.0. The molecule has 2 rings (SSSR count). The van der Waals surface area contributed by atoms with E-state index in [1.807, 2.05) is 0 Å². The van der Waals surface area contributed by atoms with Crippen molar-refractivity contribution in [1.82, 2.24) is 9.55 Å². The number of para-hydroxylation sites is 1. The number of benzene rings is 1. The number of rotatable bonds is 4. The van der Waals surface area contributed by atoms with Crippen molar-refractivity contribution in [3.05, 3.63) is 50.4 Å². The maximum Gasteiger partial charge on any atom is 0.343 e. The Labute approximate surface area is 129 Å². The van der Waals surface area contributed by atoms with Gasteiger partial charge < -0.3 is 15.4 Å². The normalized spacial score (nSPS) is 10.4. The third-order valence-corrected chi connectivity index (χ3v) is 3.38. The molecule has 1 aromatic carbocycles. The predicted octanol–water partition coefficient (Wildman–Crippen LogP) is 3.05. The fourth-order valence-electron chi connectivity index (χ4n) is 1.74. The van der Waals surface area contributed by atoms with Crippen molar-refractivity contribution in [3.8, 4) is 0 Å². The first-order valence-corrected chi connectivity index (χ1v) is 6.56. The fraction of sp³-hybridized carbons (Fsp3) is 0.167. The first-order valence-electron chi connectivity index (χ1n) is 5.80. The van der Waals surface area contributed by atoms with E-state index in [0.29, 0.717) is 5.82 Å². The predicted molar refractivity (Wildman–Crippen MR) is 78.7 cm³/mol. The third kappa shape index (κ3) is 3.32. The molecule has 0 saturated carbocycles. The Morgan fingerprint density at radius 2 is 2.05 bits per heavy atom. The second-order valence-corrected chi connectivity index (χ2v) is 4.97. The van der Waals surface area contributed by atoms with Gasteiger partial charge in [0.05, 0.1) is 15.7 Å². The van der Waals surface area contributed by atoms with Gasteiger partial charge in [0, 0.05) is 6.92 Å². The van der Waals surface area contributed by atoms with Gasteiger partial charge in [-0.3, -0.25) is 4.79 Å². The average Bonchev–Trinajstić information content (AvgIpc) is 2.76. The Morgan fingerprint density at radius 1 is 1.43 bits per heavy atom. The number of hydrogen-bond donors (Lipinski definition) is 1. The minimum Gasteiger partial charge on any atom is -0.358 e. The van der Waals surface area contributed by atoms with E-state index in [1.54, 1.807) is 25.1 Å².